The van der Waals surface area contributed by atoms with Crippen LogP contribution in [0.3, 0.4) is 0 Å². The van der Waals surface area contributed by atoms with Crippen molar-refractivity contribution in [2.75, 3.05) is 13.4 Å². The highest BCUT2D eigenvalue weighted by Gasteiger charge is 2.18. The van der Waals surface area contributed by atoms with Crippen molar-refractivity contribution in [1.29, 1.82) is 0 Å². The van der Waals surface area contributed by atoms with E-state index in [0.717, 1.165) is 16.8 Å². The molecular weight excluding hydrogens is 372 g/mol. The maximum atomic E-state index is 12.0. The second-order valence-electron chi connectivity index (χ2n) is 5.23. The highest BCUT2D eigenvalue weighted by molar-refractivity contribution is 7.97. The quantitative estimate of drug-likeness (QED) is 0.302. The summed E-state index contributed by atoms with van der Waals surface area (Å²) in [6.45, 7) is 2.05. The molecule has 0 radical (unpaired) electrons. The SMILES string of the molecule is COC(=O)C(=NSC)c1ccccc1CO/N=C(\C)c1ccc(Cl)cc1. The Kier molecular flexibility index (Phi) is 7.69. The Labute approximate surface area is 162 Å². The molecule has 0 bridgehead atoms. The standard InChI is InChI=1S/C19H19ClN2O3S/c1-13(14-8-10-16(20)11-9-14)21-25-12-15-6-4-5-7-17(15)18(22-26-3)19(23)24-2/h4-11H,12H2,1-3H3/b21-13+,22-18?. The summed E-state index contributed by atoms with van der Waals surface area (Å²) in [4.78, 5) is 17.5. The molecule has 7 heteroatoms. The van der Waals surface area contributed by atoms with Gasteiger partial charge in [-0.05, 0) is 36.6 Å². The first-order chi connectivity index (χ1) is 12.6. The minimum atomic E-state index is -0.493. The van der Waals surface area contributed by atoms with Gasteiger partial charge >= 0.3 is 5.97 Å². The Morgan fingerprint density at radius 2 is 1.85 bits per heavy atom. The first kappa shape index (κ1) is 20.0. The minimum Gasteiger partial charge on any atom is -0.464 e. The number of ether oxygens (including phenoxy) is 1. The van der Waals surface area contributed by atoms with Gasteiger partial charge in [0.05, 0.1) is 12.8 Å². The molecule has 0 aliphatic heterocycles. The van der Waals surface area contributed by atoms with E-state index in [1.807, 2.05) is 37.3 Å². The molecule has 0 aromatic heterocycles. The average molecular weight is 391 g/mol. The summed E-state index contributed by atoms with van der Waals surface area (Å²) in [7, 11) is 1.33. The van der Waals surface area contributed by atoms with E-state index in [0.29, 0.717) is 10.6 Å². The van der Waals surface area contributed by atoms with E-state index in [1.165, 1.54) is 19.1 Å². The number of nitrogens with zero attached hydrogens (tertiary/aromatic N) is 2. The van der Waals surface area contributed by atoms with Crippen LogP contribution in [0.15, 0.2) is 58.1 Å². The van der Waals surface area contributed by atoms with E-state index in [-0.39, 0.29) is 12.3 Å². The highest BCUT2D eigenvalue weighted by Crippen LogP contribution is 2.16. The summed E-state index contributed by atoms with van der Waals surface area (Å²) in [5.74, 6) is -0.493. The number of oxime groups is 1. The van der Waals surface area contributed by atoms with Crippen molar-refractivity contribution in [1.82, 2.24) is 0 Å². The number of methoxy groups -OCH3 is 1. The lowest BCUT2D eigenvalue weighted by Gasteiger charge is -2.10. The molecular formula is C19H19ClN2O3S. The molecule has 0 atom stereocenters. The molecule has 0 aliphatic carbocycles. The highest BCUT2D eigenvalue weighted by atomic mass is 35.5. The van der Waals surface area contributed by atoms with Crippen LogP contribution in [-0.2, 0) is 21.0 Å². The molecule has 0 aliphatic rings. The first-order valence-electron chi connectivity index (χ1n) is 7.77. The first-order valence-corrected chi connectivity index (χ1v) is 9.33. The molecule has 0 unspecified atom stereocenters. The molecule has 0 saturated heterocycles. The van der Waals surface area contributed by atoms with E-state index in [4.69, 9.17) is 21.2 Å². The van der Waals surface area contributed by atoms with Crippen LogP contribution in [-0.4, -0.2) is 30.8 Å². The van der Waals surface area contributed by atoms with E-state index < -0.39 is 5.97 Å². The lowest BCUT2D eigenvalue weighted by atomic mass is 10.0. The van der Waals surface area contributed by atoms with Crippen molar-refractivity contribution in [3.8, 4) is 0 Å². The second-order valence-corrected chi connectivity index (χ2v) is 6.21. The van der Waals surface area contributed by atoms with Crippen LogP contribution in [0.4, 0.5) is 0 Å². The molecule has 26 heavy (non-hydrogen) atoms. The van der Waals surface area contributed by atoms with Crippen LogP contribution in [0.5, 0.6) is 0 Å². The van der Waals surface area contributed by atoms with Gasteiger partial charge in [0.15, 0.2) is 5.71 Å². The number of hydrogen-bond donors (Lipinski definition) is 0. The molecule has 0 fully saturated rings. The zero-order valence-corrected chi connectivity index (χ0v) is 16.3. The van der Waals surface area contributed by atoms with Crippen molar-refractivity contribution >= 4 is 40.9 Å². The summed E-state index contributed by atoms with van der Waals surface area (Å²) in [5, 5.41) is 4.81. The van der Waals surface area contributed by atoms with E-state index in [9.17, 15) is 4.79 Å². The topological polar surface area (TPSA) is 60.2 Å². The van der Waals surface area contributed by atoms with Gasteiger partial charge in [0.25, 0.3) is 0 Å². The summed E-state index contributed by atoms with van der Waals surface area (Å²) in [5.41, 5.74) is 3.34. The van der Waals surface area contributed by atoms with Gasteiger partial charge in [0.1, 0.15) is 6.61 Å². The Morgan fingerprint density at radius 3 is 2.50 bits per heavy atom. The fraction of sp³-hybridized carbons (Fsp3) is 0.211. The normalized spacial score (nSPS) is 12.0. The van der Waals surface area contributed by atoms with Crippen molar-refractivity contribution < 1.29 is 14.4 Å². The Morgan fingerprint density at radius 1 is 1.15 bits per heavy atom. The number of hydrogen-bond acceptors (Lipinski definition) is 6. The van der Waals surface area contributed by atoms with Crippen molar-refractivity contribution in [2.45, 2.75) is 13.5 Å². The summed E-state index contributed by atoms with van der Waals surface area (Å²) < 4.78 is 9.00. The number of halogens is 1. The summed E-state index contributed by atoms with van der Waals surface area (Å²) in [6.07, 6.45) is 1.78. The Balaban J connectivity index is 2.17. The van der Waals surface area contributed by atoms with Gasteiger partial charge in [0.2, 0.25) is 0 Å². The Hall–Kier alpha value is -2.31. The maximum absolute atomic E-state index is 12.0. The molecule has 5 nitrogen and oxygen atoms in total. The molecule has 2 rings (SSSR count). The zero-order chi connectivity index (χ0) is 18.9. The monoisotopic (exact) mass is 390 g/mol. The summed E-state index contributed by atoms with van der Waals surface area (Å²) >= 11 is 7.08. The third kappa shape index (κ3) is 5.34. The number of carbonyl (C=O) groups is 1. The summed E-state index contributed by atoms with van der Waals surface area (Å²) in [6, 6.07) is 14.7. The van der Waals surface area contributed by atoms with E-state index in [1.54, 1.807) is 24.5 Å². The van der Waals surface area contributed by atoms with E-state index in [2.05, 4.69) is 9.55 Å². The van der Waals surface area contributed by atoms with Gasteiger partial charge < -0.3 is 9.57 Å². The average Bonchev–Trinajstić information content (AvgIpc) is 2.66. The second kappa shape index (κ2) is 9.99. The van der Waals surface area contributed by atoms with Crippen LogP contribution < -0.4 is 0 Å². The minimum absolute atomic E-state index is 0.200. The molecule has 0 saturated carbocycles. The number of benzene rings is 2. The molecule has 136 valence electrons. The fourth-order valence-electron chi connectivity index (χ4n) is 2.20. The number of carbonyl (C=O) groups excluding carboxylic acids is 1. The predicted molar refractivity (Wildman–Crippen MR) is 107 cm³/mol. The fourth-order valence-corrected chi connectivity index (χ4v) is 2.69. The Bertz CT molecular complexity index is 820. The van der Waals surface area contributed by atoms with Crippen LogP contribution in [0.1, 0.15) is 23.6 Å². The predicted octanol–water partition coefficient (Wildman–Crippen LogP) is 4.52. The largest absolute Gasteiger partial charge is 0.464 e. The molecule has 0 heterocycles. The molecule has 0 amide bonds. The van der Waals surface area contributed by atoms with Crippen molar-refractivity contribution in [3.63, 3.8) is 0 Å². The van der Waals surface area contributed by atoms with Crippen LogP contribution in [0.25, 0.3) is 0 Å². The molecule has 2 aromatic rings. The molecule has 0 N–H and O–H groups in total. The smallest absolute Gasteiger partial charge is 0.357 e. The van der Waals surface area contributed by atoms with Gasteiger partial charge in [0, 0.05) is 22.4 Å². The van der Waals surface area contributed by atoms with Gasteiger partial charge in [-0.25, -0.2) is 9.19 Å². The van der Waals surface area contributed by atoms with Crippen LogP contribution in [0.2, 0.25) is 5.02 Å². The third-order valence-electron chi connectivity index (χ3n) is 3.52. The lowest BCUT2D eigenvalue weighted by molar-refractivity contribution is -0.132. The van der Waals surface area contributed by atoms with Gasteiger partial charge in [-0.2, -0.15) is 0 Å². The number of esters is 1. The van der Waals surface area contributed by atoms with Crippen molar-refractivity contribution in [3.05, 3.63) is 70.2 Å². The van der Waals surface area contributed by atoms with Gasteiger partial charge in [-0.15, -0.1) is 0 Å². The third-order valence-corrected chi connectivity index (χ3v) is 4.13. The molecule has 0 spiro atoms. The lowest BCUT2D eigenvalue weighted by Crippen LogP contribution is -2.18. The van der Waals surface area contributed by atoms with Gasteiger partial charge in [-0.3, -0.25) is 0 Å². The van der Waals surface area contributed by atoms with E-state index >= 15 is 0 Å². The van der Waals surface area contributed by atoms with Crippen LogP contribution >= 0.6 is 23.5 Å². The van der Waals surface area contributed by atoms with Crippen molar-refractivity contribution in [2.24, 2.45) is 9.55 Å². The van der Waals surface area contributed by atoms with Gasteiger partial charge in [-0.1, -0.05) is 53.2 Å². The molecule has 2 aromatic carbocycles. The van der Waals surface area contributed by atoms with Crippen LogP contribution in [0, 0.1) is 0 Å². The number of rotatable bonds is 7. The zero-order valence-electron chi connectivity index (χ0n) is 14.7. The maximum Gasteiger partial charge on any atom is 0.357 e.